The van der Waals surface area contributed by atoms with Crippen LogP contribution in [0.2, 0.25) is 10.0 Å². The molecule has 1 aliphatic rings. The molecule has 0 aliphatic carbocycles. The lowest BCUT2D eigenvalue weighted by molar-refractivity contribution is -0.131. The van der Waals surface area contributed by atoms with Crippen LogP contribution in [0.5, 0.6) is 5.75 Å². The van der Waals surface area contributed by atoms with Crippen molar-refractivity contribution in [3.63, 3.8) is 0 Å². The predicted molar refractivity (Wildman–Crippen MR) is 105 cm³/mol. The lowest BCUT2D eigenvalue weighted by atomic mass is 10.0. The van der Waals surface area contributed by atoms with Gasteiger partial charge in [0, 0.05) is 12.1 Å². The van der Waals surface area contributed by atoms with Gasteiger partial charge in [0.2, 0.25) is 5.91 Å². The molecule has 142 valence electrons. The Bertz CT molecular complexity index is 840. The maximum absolute atomic E-state index is 12.6. The number of amides is 2. The van der Waals surface area contributed by atoms with Gasteiger partial charge in [-0.25, -0.2) is 0 Å². The van der Waals surface area contributed by atoms with Crippen molar-refractivity contribution in [2.24, 2.45) is 0 Å². The average molecular weight is 407 g/mol. The quantitative estimate of drug-likeness (QED) is 0.812. The number of halogens is 2. The first-order valence-electron chi connectivity index (χ1n) is 8.66. The van der Waals surface area contributed by atoms with Crippen molar-refractivity contribution in [2.75, 3.05) is 20.2 Å². The molecule has 0 saturated carbocycles. The van der Waals surface area contributed by atoms with E-state index in [0.717, 1.165) is 24.2 Å². The minimum absolute atomic E-state index is 0.0188. The number of nitrogens with zero attached hydrogens (tertiary/aromatic N) is 1. The molecule has 5 nitrogen and oxygen atoms in total. The van der Waals surface area contributed by atoms with Crippen molar-refractivity contribution in [3.05, 3.63) is 63.6 Å². The summed E-state index contributed by atoms with van der Waals surface area (Å²) in [6.45, 7) is 0.615. The van der Waals surface area contributed by atoms with Crippen molar-refractivity contribution >= 4 is 35.0 Å². The van der Waals surface area contributed by atoms with Gasteiger partial charge in [0.1, 0.15) is 5.75 Å². The Kier molecular flexibility index (Phi) is 6.24. The normalized spacial score (nSPS) is 16.3. The molecule has 2 amide bonds. The van der Waals surface area contributed by atoms with Crippen molar-refractivity contribution < 1.29 is 14.3 Å². The van der Waals surface area contributed by atoms with Crippen LogP contribution in [0.15, 0.2) is 42.5 Å². The van der Waals surface area contributed by atoms with Crippen molar-refractivity contribution in [2.45, 2.75) is 18.9 Å². The zero-order chi connectivity index (χ0) is 19.4. The summed E-state index contributed by atoms with van der Waals surface area (Å²) in [5.74, 6) is 0.312. The second-order valence-electron chi connectivity index (χ2n) is 6.33. The third-order valence-electron chi connectivity index (χ3n) is 4.66. The average Bonchev–Trinajstić information content (AvgIpc) is 3.18. The molecule has 0 unspecified atom stereocenters. The van der Waals surface area contributed by atoms with Crippen LogP contribution in [0.25, 0.3) is 0 Å². The molecule has 1 N–H and O–H groups in total. The molecule has 0 radical (unpaired) electrons. The van der Waals surface area contributed by atoms with Crippen LogP contribution < -0.4 is 10.1 Å². The first kappa shape index (κ1) is 19.5. The summed E-state index contributed by atoms with van der Waals surface area (Å²) in [6, 6.07) is 12.4. The van der Waals surface area contributed by atoms with Crippen molar-refractivity contribution in [1.82, 2.24) is 10.2 Å². The largest absolute Gasteiger partial charge is 0.497 e. The number of hydrogen-bond acceptors (Lipinski definition) is 3. The van der Waals surface area contributed by atoms with Crippen LogP contribution in [0, 0.1) is 0 Å². The Labute approximate surface area is 168 Å². The van der Waals surface area contributed by atoms with E-state index in [1.165, 1.54) is 6.07 Å². The van der Waals surface area contributed by atoms with Crippen LogP contribution >= 0.6 is 23.2 Å². The maximum Gasteiger partial charge on any atom is 0.251 e. The van der Waals surface area contributed by atoms with Gasteiger partial charge < -0.3 is 15.0 Å². The fourth-order valence-corrected chi connectivity index (χ4v) is 3.53. The third-order valence-corrected chi connectivity index (χ3v) is 5.39. The van der Waals surface area contributed by atoms with Gasteiger partial charge in [-0.05, 0) is 48.7 Å². The van der Waals surface area contributed by atoms with Gasteiger partial charge >= 0.3 is 0 Å². The number of likely N-dealkylation sites (tertiary alicyclic amines) is 1. The lowest BCUT2D eigenvalue weighted by Crippen LogP contribution is -2.39. The van der Waals surface area contributed by atoms with E-state index in [2.05, 4.69) is 5.32 Å². The fraction of sp³-hybridized carbons (Fsp3) is 0.300. The Hall–Kier alpha value is -2.24. The molecule has 1 aliphatic heterocycles. The molecular weight excluding hydrogens is 387 g/mol. The van der Waals surface area contributed by atoms with Gasteiger partial charge in [0.15, 0.2) is 0 Å². The van der Waals surface area contributed by atoms with E-state index in [0.29, 0.717) is 22.2 Å². The molecule has 0 spiro atoms. The van der Waals surface area contributed by atoms with E-state index in [1.807, 2.05) is 29.2 Å². The Balaban J connectivity index is 1.62. The Morgan fingerprint density at radius 3 is 2.56 bits per heavy atom. The predicted octanol–water partition coefficient (Wildman–Crippen LogP) is 4.10. The smallest absolute Gasteiger partial charge is 0.251 e. The Morgan fingerprint density at radius 1 is 1.15 bits per heavy atom. The highest BCUT2D eigenvalue weighted by molar-refractivity contribution is 6.42. The standard InChI is InChI=1S/C20H20Cl2N2O3/c1-27-15-7-4-13(5-8-15)18-3-2-10-24(18)19(25)12-23-20(26)14-6-9-16(21)17(22)11-14/h4-9,11,18H,2-3,10,12H2,1H3,(H,23,26)/t18-/m0/s1. The molecule has 3 rings (SSSR count). The molecule has 7 heteroatoms. The van der Waals surface area contributed by atoms with E-state index >= 15 is 0 Å². The second-order valence-corrected chi connectivity index (χ2v) is 7.14. The summed E-state index contributed by atoms with van der Waals surface area (Å²) in [5, 5.41) is 3.34. The maximum atomic E-state index is 12.6. The summed E-state index contributed by atoms with van der Waals surface area (Å²) in [5.41, 5.74) is 1.43. The fourth-order valence-electron chi connectivity index (χ4n) is 3.23. The number of methoxy groups -OCH3 is 1. The van der Waals surface area contributed by atoms with E-state index in [-0.39, 0.29) is 24.4 Å². The SMILES string of the molecule is COc1ccc([C@@H]2CCCN2C(=O)CNC(=O)c2ccc(Cl)c(Cl)c2)cc1. The number of carbonyl (C=O) groups excluding carboxylic acids is 2. The zero-order valence-electron chi connectivity index (χ0n) is 14.9. The van der Waals surface area contributed by atoms with Crippen molar-refractivity contribution in [1.29, 1.82) is 0 Å². The molecule has 0 bridgehead atoms. The molecule has 2 aromatic rings. The van der Waals surface area contributed by atoms with Crippen molar-refractivity contribution in [3.8, 4) is 5.75 Å². The summed E-state index contributed by atoms with van der Waals surface area (Å²) in [6.07, 6.45) is 1.84. The van der Waals surface area contributed by atoms with E-state index < -0.39 is 0 Å². The first-order valence-corrected chi connectivity index (χ1v) is 9.42. The molecule has 1 heterocycles. The summed E-state index contributed by atoms with van der Waals surface area (Å²) < 4.78 is 5.18. The second kappa shape index (κ2) is 8.63. The first-order chi connectivity index (χ1) is 13.0. The van der Waals surface area contributed by atoms with E-state index in [9.17, 15) is 9.59 Å². The van der Waals surface area contributed by atoms with Gasteiger partial charge in [0.25, 0.3) is 5.91 Å². The highest BCUT2D eigenvalue weighted by Crippen LogP contribution is 2.32. The lowest BCUT2D eigenvalue weighted by Gasteiger charge is -2.25. The van der Waals surface area contributed by atoms with Crippen LogP contribution in [-0.4, -0.2) is 36.9 Å². The highest BCUT2D eigenvalue weighted by atomic mass is 35.5. The number of hydrogen-bond donors (Lipinski definition) is 1. The van der Waals surface area contributed by atoms with Crippen LogP contribution in [0.4, 0.5) is 0 Å². The molecule has 1 fully saturated rings. The zero-order valence-corrected chi connectivity index (χ0v) is 16.4. The van der Waals surface area contributed by atoms with Gasteiger partial charge in [-0.3, -0.25) is 9.59 Å². The van der Waals surface area contributed by atoms with E-state index in [1.54, 1.807) is 19.2 Å². The summed E-state index contributed by atoms with van der Waals surface area (Å²) in [7, 11) is 1.62. The third kappa shape index (κ3) is 4.54. The van der Waals surface area contributed by atoms with Crippen LogP contribution in [0.3, 0.4) is 0 Å². The molecule has 27 heavy (non-hydrogen) atoms. The number of ether oxygens (including phenoxy) is 1. The Morgan fingerprint density at radius 2 is 1.89 bits per heavy atom. The topological polar surface area (TPSA) is 58.6 Å². The van der Waals surface area contributed by atoms with E-state index in [4.69, 9.17) is 27.9 Å². The van der Waals surface area contributed by atoms with Crippen LogP contribution in [0.1, 0.15) is 34.8 Å². The minimum atomic E-state index is -0.359. The molecule has 1 atom stereocenters. The monoisotopic (exact) mass is 406 g/mol. The number of benzene rings is 2. The van der Waals surface area contributed by atoms with Gasteiger partial charge in [0.05, 0.1) is 29.7 Å². The number of carbonyl (C=O) groups is 2. The number of nitrogens with one attached hydrogen (secondary N) is 1. The van der Waals surface area contributed by atoms with Gasteiger partial charge in [-0.2, -0.15) is 0 Å². The summed E-state index contributed by atoms with van der Waals surface area (Å²) in [4.78, 5) is 26.7. The summed E-state index contributed by atoms with van der Waals surface area (Å²) >= 11 is 11.8. The minimum Gasteiger partial charge on any atom is -0.497 e. The highest BCUT2D eigenvalue weighted by Gasteiger charge is 2.29. The van der Waals surface area contributed by atoms with Gasteiger partial charge in [-0.1, -0.05) is 35.3 Å². The van der Waals surface area contributed by atoms with Crippen LogP contribution in [-0.2, 0) is 4.79 Å². The number of rotatable bonds is 5. The molecule has 0 aromatic heterocycles. The molecular formula is C20H20Cl2N2O3. The van der Waals surface area contributed by atoms with Gasteiger partial charge in [-0.15, -0.1) is 0 Å². The molecule has 1 saturated heterocycles. The molecule has 2 aromatic carbocycles.